The number of anilines is 2. The van der Waals surface area contributed by atoms with Crippen LogP contribution in [0.2, 0.25) is 0 Å². The topological polar surface area (TPSA) is 118 Å². The molecule has 3 rings (SSSR count). The Morgan fingerprint density at radius 1 is 1.06 bits per heavy atom. The summed E-state index contributed by atoms with van der Waals surface area (Å²) < 4.78 is 0. The van der Waals surface area contributed by atoms with Gasteiger partial charge in [0.05, 0.1) is 5.39 Å². The first-order valence-corrected chi connectivity index (χ1v) is 5.68. The summed E-state index contributed by atoms with van der Waals surface area (Å²) in [4.78, 5) is 11.8. The molecule has 90 valence electrons. The Morgan fingerprint density at radius 3 is 2.65 bits per heavy atom. The number of rotatable bonds is 2. The molecule has 0 saturated heterocycles. The van der Waals surface area contributed by atoms with Crippen LogP contribution in [0.1, 0.15) is 24.1 Å². The van der Waals surface area contributed by atoms with Gasteiger partial charge >= 0.3 is 0 Å². The van der Waals surface area contributed by atoms with E-state index >= 15 is 0 Å². The van der Waals surface area contributed by atoms with E-state index in [9.17, 15) is 0 Å². The molecular formula is C10H15N7. The van der Waals surface area contributed by atoms with Crippen LogP contribution in [-0.4, -0.2) is 15.0 Å². The number of H-pyrrole nitrogens is 1. The fourth-order valence-corrected chi connectivity index (χ4v) is 2.47. The molecule has 7 heteroatoms. The second kappa shape index (κ2) is 3.86. The first-order valence-electron chi connectivity index (χ1n) is 5.68. The van der Waals surface area contributed by atoms with Crippen LogP contribution in [0.5, 0.6) is 0 Å². The van der Waals surface area contributed by atoms with Crippen LogP contribution in [0.15, 0.2) is 0 Å². The average Bonchev–Trinajstić information content (AvgIpc) is 2.75. The van der Waals surface area contributed by atoms with Gasteiger partial charge in [0.25, 0.3) is 0 Å². The number of nitrogens with zero attached hydrogens (tertiary/aromatic N) is 2. The molecule has 17 heavy (non-hydrogen) atoms. The van der Waals surface area contributed by atoms with Crippen molar-refractivity contribution in [3.63, 3.8) is 0 Å². The number of nitrogens with one attached hydrogen (secondary N) is 3. The van der Waals surface area contributed by atoms with Crippen molar-refractivity contribution in [3.05, 3.63) is 11.3 Å². The van der Waals surface area contributed by atoms with Crippen molar-refractivity contribution in [2.24, 2.45) is 11.7 Å². The van der Waals surface area contributed by atoms with Gasteiger partial charge in [-0.15, -0.1) is 0 Å². The molecule has 0 aromatic carbocycles. The first-order chi connectivity index (χ1) is 8.33. The molecule has 0 bridgehead atoms. The van der Waals surface area contributed by atoms with Crippen LogP contribution >= 0.6 is 0 Å². The molecule has 2 aromatic rings. The Labute approximate surface area is 97.9 Å². The molecular weight excluding hydrogens is 218 g/mol. The number of aromatic amines is 1. The molecule has 0 unspecified atom stereocenters. The van der Waals surface area contributed by atoms with Gasteiger partial charge in [0, 0.05) is 5.69 Å². The number of nitrogens with two attached hydrogens (primary N) is 2. The van der Waals surface area contributed by atoms with E-state index in [0.717, 1.165) is 23.9 Å². The highest BCUT2D eigenvalue weighted by Gasteiger charge is 2.19. The van der Waals surface area contributed by atoms with E-state index in [1.54, 1.807) is 0 Å². The molecule has 0 saturated carbocycles. The molecule has 0 radical (unpaired) electrons. The second-order valence-corrected chi connectivity index (χ2v) is 4.20. The molecule has 7 nitrogen and oxygen atoms in total. The second-order valence-electron chi connectivity index (χ2n) is 4.20. The van der Waals surface area contributed by atoms with Gasteiger partial charge in [0.1, 0.15) is 5.65 Å². The molecule has 1 aliphatic rings. The van der Waals surface area contributed by atoms with Gasteiger partial charge in [0.15, 0.2) is 5.82 Å². The zero-order valence-corrected chi connectivity index (χ0v) is 9.38. The lowest BCUT2D eigenvalue weighted by atomic mass is 9.96. The third-order valence-corrected chi connectivity index (χ3v) is 3.21. The van der Waals surface area contributed by atoms with Crippen LogP contribution < -0.4 is 22.5 Å². The highest BCUT2D eigenvalue weighted by Crippen LogP contribution is 2.32. The van der Waals surface area contributed by atoms with E-state index in [-0.39, 0.29) is 0 Å². The van der Waals surface area contributed by atoms with Gasteiger partial charge in [-0.25, -0.2) is 11.7 Å². The zero-order valence-electron chi connectivity index (χ0n) is 9.38. The summed E-state index contributed by atoms with van der Waals surface area (Å²) in [7, 11) is 0. The molecule has 0 aliphatic heterocycles. The standard InChI is InChI=1S/C10H15N7/c11-16-9-7-5-3-1-2-4-6(5)13-8(7)14-10(15-9)17-12/h1-4,11-12H2,(H3,13,14,15,16,17). The van der Waals surface area contributed by atoms with Gasteiger partial charge < -0.3 is 10.4 Å². The van der Waals surface area contributed by atoms with Crippen LogP contribution in [0.3, 0.4) is 0 Å². The smallest absolute Gasteiger partial charge is 0.241 e. The highest BCUT2D eigenvalue weighted by atomic mass is 15.3. The molecule has 7 N–H and O–H groups in total. The Balaban J connectivity index is 2.29. The van der Waals surface area contributed by atoms with E-state index < -0.39 is 0 Å². The summed E-state index contributed by atoms with van der Waals surface area (Å²) in [6.07, 6.45) is 4.51. The van der Waals surface area contributed by atoms with Crippen LogP contribution in [0.4, 0.5) is 11.8 Å². The van der Waals surface area contributed by atoms with E-state index in [1.165, 1.54) is 24.1 Å². The van der Waals surface area contributed by atoms with Crippen LogP contribution in [-0.2, 0) is 12.8 Å². The van der Waals surface area contributed by atoms with Crippen molar-refractivity contribution in [1.82, 2.24) is 15.0 Å². The lowest BCUT2D eigenvalue weighted by Crippen LogP contribution is -2.15. The Hall–Kier alpha value is -1.86. The monoisotopic (exact) mass is 233 g/mol. The number of nitrogen functional groups attached to an aromatic ring is 2. The highest BCUT2D eigenvalue weighted by molar-refractivity contribution is 5.92. The minimum atomic E-state index is 0.351. The van der Waals surface area contributed by atoms with Crippen LogP contribution in [0, 0.1) is 0 Å². The Morgan fingerprint density at radius 2 is 1.88 bits per heavy atom. The van der Waals surface area contributed by atoms with Crippen molar-refractivity contribution in [2.75, 3.05) is 10.9 Å². The van der Waals surface area contributed by atoms with E-state index in [0.29, 0.717) is 11.8 Å². The molecule has 1 aliphatic carbocycles. The van der Waals surface area contributed by atoms with Gasteiger partial charge in [-0.2, -0.15) is 9.97 Å². The average molecular weight is 233 g/mol. The third-order valence-electron chi connectivity index (χ3n) is 3.21. The number of aryl methyl sites for hydroxylation is 2. The summed E-state index contributed by atoms with van der Waals surface area (Å²) in [5.74, 6) is 11.8. The third kappa shape index (κ3) is 1.51. The molecule has 0 amide bonds. The minimum absolute atomic E-state index is 0.351. The van der Waals surface area contributed by atoms with Crippen molar-refractivity contribution in [3.8, 4) is 0 Å². The number of fused-ring (bicyclic) bond motifs is 3. The molecule has 0 atom stereocenters. The molecule has 0 fully saturated rings. The predicted octanol–water partition coefficient (Wildman–Crippen LogP) is 0.408. The van der Waals surface area contributed by atoms with Crippen molar-refractivity contribution < 1.29 is 0 Å². The largest absolute Gasteiger partial charge is 0.343 e. The predicted molar refractivity (Wildman–Crippen MR) is 66.2 cm³/mol. The maximum atomic E-state index is 5.51. The van der Waals surface area contributed by atoms with Gasteiger partial charge in [-0.3, -0.25) is 5.43 Å². The van der Waals surface area contributed by atoms with Crippen molar-refractivity contribution in [1.29, 1.82) is 0 Å². The Kier molecular flexibility index (Phi) is 2.34. The number of hydrazine groups is 2. The van der Waals surface area contributed by atoms with Crippen molar-refractivity contribution >= 4 is 22.8 Å². The lowest BCUT2D eigenvalue weighted by Gasteiger charge is -2.11. The fraction of sp³-hybridized carbons (Fsp3) is 0.400. The maximum Gasteiger partial charge on any atom is 0.241 e. The summed E-state index contributed by atoms with van der Waals surface area (Å²) in [5, 5.41) is 0.987. The number of aromatic nitrogens is 3. The fourth-order valence-electron chi connectivity index (χ4n) is 2.47. The zero-order chi connectivity index (χ0) is 11.8. The van der Waals surface area contributed by atoms with E-state index in [4.69, 9.17) is 11.7 Å². The van der Waals surface area contributed by atoms with Gasteiger partial charge in [-0.05, 0) is 31.2 Å². The molecule has 2 heterocycles. The minimum Gasteiger partial charge on any atom is -0.343 e. The first kappa shape index (κ1) is 10.3. The van der Waals surface area contributed by atoms with Crippen LogP contribution in [0.25, 0.3) is 11.0 Å². The summed E-state index contributed by atoms with van der Waals surface area (Å²) >= 11 is 0. The lowest BCUT2D eigenvalue weighted by molar-refractivity contribution is 0.680. The molecule has 0 spiro atoms. The summed E-state index contributed by atoms with van der Waals surface area (Å²) in [6, 6.07) is 0. The Bertz CT molecular complexity index is 559. The van der Waals surface area contributed by atoms with Gasteiger partial charge in [0.2, 0.25) is 5.95 Å². The summed E-state index contributed by atoms with van der Waals surface area (Å²) in [6.45, 7) is 0. The maximum absolute atomic E-state index is 5.51. The number of hydrogen-bond donors (Lipinski definition) is 5. The quantitative estimate of drug-likeness (QED) is 0.379. The summed E-state index contributed by atoms with van der Waals surface area (Å²) in [5.41, 5.74) is 8.36. The van der Waals surface area contributed by atoms with E-state index in [2.05, 4.69) is 25.8 Å². The van der Waals surface area contributed by atoms with Gasteiger partial charge in [-0.1, -0.05) is 0 Å². The number of hydrogen-bond acceptors (Lipinski definition) is 6. The molecule has 2 aromatic heterocycles. The normalized spacial score (nSPS) is 14.7. The SMILES string of the molecule is NNc1nc(NN)c2c3c([nH]c2n1)CCCC3. The van der Waals surface area contributed by atoms with E-state index in [1.807, 2.05) is 0 Å². The van der Waals surface area contributed by atoms with Crippen molar-refractivity contribution in [2.45, 2.75) is 25.7 Å².